The molecule has 0 aliphatic rings. The number of aliphatic imine (C=N–C) groups is 2. The van der Waals surface area contributed by atoms with Gasteiger partial charge in [-0.1, -0.05) is 18.2 Å². The summed E-state index contributed by atoms with van der Waals surface area (Å²) in [5, 5.41) is 0. The van der Waals surface area contributed by atoms with E-state index >= 15 is 0 Å². The Labute approximate surface area is 129 Å². The quantitative estimate of drug-likeness (QED) is 0.596. The molecule has 0 aliphatic carbocycles. The van der Waals surface area contributed by atoms with Gasteiger partial charge in [0, 0.05) is 0 Å². The van der Waals surface area contributed by atoms with Crippen LogP contribution in [0.5, 0.6) is 11.5 Å². The summed E-state index contributed by atoms with van der Waals surface area (Å²) in [6.45, 7) is 3.93. The highest BCUT2D eigenvalue weighted by Crippen LogP contribution is 2.29. The maximum absolute atomic E-state index is 5.92. The van der Waals surface area contributed by atoms with E-state index in [1.807, 2.05) is 50.2 Å². The monoisotopic (exact) mass is 297 g/mol. The van der Waals surface area contributed by atoms with Gasteiger partial charge in [0.2, 0.25) is 5.96 Å². The van der Waals surface area contributed by atoms with Gasteiger partial charge >= 0.3 is 0 Å². The van der Waals surface area contributed by atoms with E-state index in [9.17, 15) is 0 Å². The van der Waals surface area contributed by atoms with E-state index in [-0.39, 0.29) is 11.9 Å². The fourth-order valence-electron chi connectivity index (χ4n) is 1.90. The number of benzene rings is 2. The third-order valence-corrected chi connectivity index (χ3v) is 2.96. The van der Waals surface area contributed by atoms with Crippen LogP contribution in [0.25, 0.3) is 0 Å². The molecular weight excluding hydrogens is 278 g/mol. The number of ether oxygens (including phenoxy) is 1. The highest BCUT2D eigenvalue weighted by molar-refractivity contribution is 5.93. The van der Waals surface area contributed by atoms with Crippen LogP contribution in [0.3, 0.4) is 0 Å². The standard InChI is InChI=1S/C16H19N5O/c1-10-5-3-4-6-13(10)22-14-8-7-12(9-11(14)2)20-16(19)21-15(17)18/h3-9H,1-2H3,(H6,17,18,19,20,21). The van der Waals surface area contributed by atoms with Gasteiger partial charge in [-0.3, -0.25) is 0 Å². The number of rotatable bonds is 3. The van der Waals surface area contributed by atoms with Gasteiger partial charge in [0.15, 0.2) is 5.96 Å². The SMILES string of the molecule is Cc1ccccc1Oc1ccc(N=C(N)N=C(N)N)cc1C. The van der Waals surface area contributed by atoms with Crippen LogP contribution in [0.15, 0.2) is 52.4 Å². The van der Waals surface area contributed by atoms with Gasteiger partial charge < -0.3 is 21.9 Å². The fraction of sp³-hybridized carbons (Fsp3) is 0.125. The summed E-state index contributed by atoms with van der Waals surface area (Å²) in [5.41, 5.74) is 18.8. The van der Waals surface area contributed by atoms with Crippen LogP contribution in [-0.4, -0.2) is 11.9 Å². The molecule has 0 saturated carbocycles. The largest absolute Gasteiger partial charge is 0.457 e. The first-order valence-corrected chi connectivity index (χ1v) is 6.73. The second-order valence-electron chi connectivity index (χ2n) is 4.82. The maximum atomic E-state index is 5.92. The minimum atomic E-state index is -0.127. The van der Waals surface area contributed by atoms with Crippen LogP contribution in [0, 0.1) is 13.8 Å². The first-order valence-electron chi connectivity index (χ1n) is 6.73. The van der Waals surface area contributed by atoms with Crippen LogP contribution >= 0.6 is 0 Å². The lowest BCUT2D eigenvalue weighted by atomic mass is 10.2. The molecule has 6 N–H and O–H groups in total. The zero-order valence-electron chi connectivity index (χ0n) is 12.6. The van der Waals surface area contributed by atoms with Crippen molar-refractivity contribution in [2.75, 3.05) is 0 Å². The molecule has 0 aliphatic heterocycles. The molecule has 0 saturated heterocycles. The molecule has 0 atom stereocenters. The summed E-state index contributed by atoms with van der Waals surface area (Å²) >= 11 is 0. The van der Waals surface area contributed by atoms with Crippen LogP contribution < -0.4 is 21.9 Å². The third kappa shape index (κ3) is 3.99. The van der Waals surface area contributed by atoms with Crippen molar-refractivity contribution in [2.45, 2.75) is 13.8 Å². The molecule has 6 nitrogen and oxygen atoms in total. The van der Waals surface area contributed by atoms with Gasteiger partial charge in [-0.05, 0) is 49.2 Å². The molecule has 0 amide bonds. The second-order valence-corrected chi connectivity index (χ2v) is 4.82. The number of nitrogens with zero attached hydrogens (tertiary/aromatic N) is 2. The average molecular weight is 297 g/mol. The Morgan fingerprint density at radius 1 is 0.909 bits per heavy atom. The van der Waals surface area contributed by atoms with Gasteiger partial charge in [-0.25, -0.2) is 4.99 Å². The van der Waals surface area contributed by atoms with Crippen molar-refractivity contribution < 1.29 is 4.74 Å². The Morgan fingerprint density at radius 3 is 2.23 bits per heavy atom. The Balaban J connectivity index is 2.24. The van der Waals surface area contributed by atoms with Crippen molar-refractivity contribution in [1.29, 1.82) is 0 Å². The topological polar surface area (TPSA) is 112 Å². The summed E-state index contributed by atoms with van der Waals surface area (Å²) in [7, 11) is 0. The Bertz CT molecular complexity index is 733. The number of hydrogen-bond donors (Lipinski definition) is 3. The normalized spacial score (nSPS) is 11.1. The lowest BCUT2D eigenvalue weighted by Crippen LogP contribution is -2.26. The number of para-hydroxylation sites is 1. The first kappa shape index (κ1) is 15.4. The van der Waals surface area contributed by atoms with Crippen LogP contribution in [0.4, 0.5) is 5.69 Å². The molecule has 0 radical (unpaired) electrons. The second kappa shape index (κ2) is 6.62. The number of hydrogen-bond acceptors (Lipinski definition) is 2. The highest BCUT2D eigenvalue weighted by Gasteiger charge is 2.05. The molecule has 6 heteroatoms. The molecule has 0 spiro atoms. The fourth-order valence-corrected chi connectivity index (χ4v) is 1.90. The van der Waals surface area contributed by atoms with Crippen molar-refractivity contribution in [3.8, 4) is 11.5 Å². The molecule has 22 heavy (non-hydrogen) atoms. The van der Waals surface area contributed by atoms with E-state index in [1.54, 1.807) is 6.07 Å². The van der Waals surface area contributed by atoms with Gasteiger partial charge in [0.25, 0.3) is 0 Å². The van der Waals surface area contributed by atoms with E-state index in [4.69, 9.17) is 21.9 Å². The van der Waals surface area contributed by atoms with E-state index in [0.29, 0.717) is 5.69 Å². The number of guanidine groups is 2. The predicted octanol–water partition coefficient (Wildman–Crippen LogP) is 2.32. The number of nitrogens with two attached hydrogens (primary N) is 3. The Kier molecular flexibility index (Phi) is 4.63. The average Bonchev–Trinajstić information content (AvgIpc) is 2.43. The van der Waals surface area contributed by atoms with E-state index in [1.165, 1.54) is 0 Å². The summed E-state index contributed by atoms with van der Waals surface area (Å²) in [6.07, 6.45) is 0. The third-order valence-electron chi connectivity index (χ3n) is 2.96. The lowest BCUT2D eigenvalue weighted by molar-refractivity contribution is 0.475. The van der Waals surface area contributed by atoms with Crippen LogP contribution in [0.1, 0.15) is 11.1 Å². The smallest absolute Gasteiger partial charge is 0.223 e. The van der Waals surface area contributed by atoms with E-state index in [0.717, 1.165) is 22.6 Å². The summed E-state index contributed by atoms with van der Waals surface area (Å²) in [5.74, 6) is 1.46. The maximum Gasteiger partial charge on any atom is 0.223 e. The summed E-state index contributed by atoms with van der Waals surface area (Å²) in [6, 6.07) is 13.3. The zero-order valence-corrected chi connectivity index (χ0v) is 12.6. The van der Waals surface area contributed by atoms with Gasteiger partial charge in [0.05, 0.1) is 5.69 Å². The van der Waals surface area contributed by atoms with Crippen LogP contribution in [-0.2, 0) is 0 Å². The van der Waals surface area contributed by atoms with Crippen molar-refractivity contribution in [3.05, 3.63) is 53.6 Å². The molecule has 2 aromatic carbocycles. The molecule has 0 unspecified atom stereocenters. The molecule has 0 heterocycles. The van der Waals surface area contributed by atoms with E-state index < -0.39 is 0 Å². The zero-order chi connectivity index (χ0) is 16.1. The molecule has 114 valence electrons. The highest BCUT2D eigenvalue weighted by atomic mass is 16.5. The first-order chi connectivity index (χ1) is 10.5. The minimum Gasteiger partial charge on any atom is -0.457 e. The molecule has 0 fully saturated rings. The van der Waals surface area contributed by atoms with Gasteiger partial charge in [-0.2, -0.15) is 4.99 Å². The Hall–Kier alpha value is -3.02. The van der Waals surface area contributed by atoms with Crippen LogP contribution in [0.2, 0.25) is 0 Å². The molecular formula is C16H19N5O. The lowest BCUT2D eigenvalue weighted by Gasteiger charge is -2.11. The predicted molar refractivity (Wildman–Crippen MR) is 89.5 cm³/mol. The van der Waals surface area contributed by atoms with Crippen molar-refractivity contribution in [1.82, 2.24) is 0 Å². The van der Waals surface area contributed by atoms with E-state index in [2.05, 4.69) is 9.98 Å². The van der Waals surface area contributed by atoms with Gasteiger partial charge in [0.1, 0.15) is 11.5 Å². The molecule has 0 aromatic heterocycles. The summed E-state index contributed by atoms with van der Waals surface area (Å²) in [4.78, 5) is 7.79. The minimum absolute atomic E-state index is 0.00646. The van der Waals surface area contributed by atoms with Crippen molar-refractivity contribution >= 4 is 17.6 Å². The van der Waals surface area contributed by atoms with Gasteiger partial charge in [-0.15, -0.1) is 0 Å². The van der Waals surface area contributed by atoms with Crippen molar-refractivity contribution in [3.63, 3.8) is 0 Å². The Morgan fingerprint density at radius 2 is 1.59 bits per heavy atom. The van der Waals surface area contributed by atoms with Crippen molar-refractivity contribution in [2.24, 2.45) is 27.2 Å². The summed E-state index contributed by atoms with van der Waals surface area (Å²) < 4.78 is 5.92. The molecule has 2 rings (SSSR count). The number of aryl methyl sites for hydroxylation is 2. The molecule has 0 bridgehead atoms. The molecule has 2 aromatic rings.